The van der Waals surface area contributed by atoms with Gasteiger partial charge in [-0.2, -0.15) is 4.98 Å². The lowest BCUT2D eigenvalue weighted by Crippen LogP contribution is -2.29. The fourth-order valence-corrected chi connectivity index (χ4v) is 3.97. The van der Waals surface area contributed by atoms with Crippen LogP contribution in [0.15, 0.2) is 42.9 Å². The van der Waals surface area contributed by atoms with Crippen LogP contribution in [0.4, 0.5) is 23.3 Å². The molecule has 0 saturated carbocycles. The molecule has 0 spiro atoms. The molecule has 33 heavy (non-hydrogen) atoms. The highest BCUT2D eigenvalue weighted by atomic mass is 35.5. The Labute approximate surface area is 200 Å². The zero-order chi connectivity index (χ0) is 22.7. The summed E-state index contributed by atoms with van der Waals surface area (Å²) in [4.78, 5) is 19.4. The van der Waals surface area contributed by atoms with Crippen molar-refractivity contribution in [1.29, 1.82) is 0 Å². The van der Waals surface area contributed by atoms with E-state index in [9.17, 15) is 8.42 Å². The molecule has 10 nitrogen and oxygen atoms in total. The molecule has 0 saturated heterocycles. The molecule has 0 radical (unpaired) electrons. The van der Waals surface area contributed by atoms with E-state index in [0.717, 1.165) is 35.8 Å². The maximum atomic E-state index is 12.0. The van der Waals surface area contributed by atoms with Crippen molar-refractivity contribution < 1.29 is 8.42 Å². The molecule has 0 aliphatic carbocycles. The molecule has 4 rings (SSSR count). The normalized spacial score (nSPS) is 12.9. The van der Waals surface area contributed by atoms with Crippen LogP contribution in [0.5, 0.6) is 0 Å². The van der Waals surface area contributed by atoms with Crippen molar-refractivity contribution in [2.24, 2.45) is 0 Å². The number of benzene rings is 1. The van der Waals surface area contributed by atoms with E-state index in [0.29, 0.717) is 24.0 Å². The Morgan fingerprint density at radius 1 is 1.06 bits per heavy atom. The van der Waals surface area contributed by atoms with Crippen molar-refractivity contribution >= 4 is 45.7 Å². The van der Waals surface area contributed by atoms with Gasteiger partial charge < -0.3 is 15.5 Å². The number of sulfonamides is 1. The maximum Gasteiger partial charge on any atom is 0.233 e. The van der Waals surface area contributed by atoms with Crippen LogP contribution >= 0.6 is 12.4 Å². The number of anilines is 4. The van der Waals surface area contributed by atoms with Gasteiger partial charge in [-0.1, -0.05) is 6.07 Å². The molecule has 12 heteroatoms. The van der Waals surface area contributed by atoms with Gasteiger partial charge in [0.2, 0.25) is 16.0 Å². The first-order valence-electron chi connectivity index (χ1n) is 10.2. The lowest BCUT2D eigenvalue weighted by molar-refractivity contribution is 0.599. The summed E-state index contributed by atoms with van der Waals surface area (Å²) >= 11 is 0. The summed E-state index contributed by atoms with van der Waals surface area (Å²) in [5, 5.41) is 6.65. The Bertz CT molecular complexity index is 1220. The van der Waals surface area contributed by atoms with E-state index in [1.54, 1.807) is 18.5 Å². The van der Waals surface area contributed by atoms with Crippen LogP contribution in [0.25, 0.3) is 0 Å². The van der Waals surface area contributed by atoms with Crippen molar-refractivity contribution in [3.05, 3.63) is 59.7 Å². The van der Waals surface area contributed by atoms with E-state index in [2.05, 4.69) is 42.7 Å². The highest BCUT2D eigenvalue weighted by molar-refractivity contribution is 7.92. The number of fused-ring (bicyclic) bond motifs is 1. The van der Waals surface area contributed by atoms with Crippen LogP contribution in [0, 0.1) is 0 Å². The third kappa shape index (κ3) is 5.86. The monoisotopic (exact) mass is 490 g/mol. The third-order valence-corrected chi connectivity index (χ3v) is 6.48. The minimum absolute atomic E-state index is 0. The van der Waals surface area contributed by atoms with Crippen LogP contribution in [0.1, 0.15) is 16.8 Å². The molecule has 0 atom stereocenters. The second-order valence-electron chi connectivity index (χ2n) is 7.69. The third-order valence-electron chi connectivity index (χ3n) is 5.32. The predicted molar refractivity (Wildman–Crippen MR) is 132 cm³/mol. The first kappa shape index (κ1) is 24.6. The van der Waals surface area contributed by atoms with Crippen LogP contribution in [-0.2, 0) is 29.5 Å². The molecule has 2 aromatic heterocycles. The van der Waals surface area contributed by atoms with Crippen molar-refractivity contribution in [2.45, 2.75) is 19.5 Å². The summed E-state index contributed by atoms with van der Waals surface area (Å²) in [5.41, 5.74) is 4.11. The van der Waals surface area contributed by atoms with Gasteiger partial charge in [-0.3, -0.25) is 9.29 Å². The minimum atomic E-state index is -3.45. The van der Waals surface area contributed by atoms with Crippen LogP contribution in [0.3, 0.4) is 0 Å². The number of halogens is 1. The number of aromatic nitrogens is 4. The van der Waals surface area contributed by atoms with Crippen molar-refractivity contribution in [2.75, 3.05) is 41.4 Å². The molecule has 1 aromatic carbocycles. The molecule has 0 fully saturated rings. The van der Waals surface area contributed by atoms with Gasteiger partial charge in [0.15, 0.2) is 5.82 Å². The van der Waals surface area contributed by atoms with E-state index >= 15 is 0 Å². The zero-order valence-electron chi connectivity index (χ0n) is 18.7. The lowest BCUT2D eigenvalue weighted by atomic mass is 10.0. The molecule has 0 amide bonds. The minimum Gasteiger partial charge on any atom is -0.353 e. The fourth-order valence-electron chi connectivity index (χ4n) is 3.50. The van der Waals surface area contributed by atoms with E-state index in [-0.39, 0.29) is 18.2 Å². The molecule has 1 aliphatic rings. The average molecular weight is 491 g/mol. The van der Waals surface area contributed by atoms with Gasteiger partial charge >= 0.3 is 0 Å². The summed E-state index contributed by atoms with van der Waals surface area (Å²) in [5.74, 6) is 1.44. The molecule has 3 aromatic rings. The summed E-state index contributed by atoms with van der Waals surface area (Å²) in [6, 6.07) is 8.08. The topological polar surface area (TPSA) is 116 Å². The zero-order valence-corrected chi connectivity index (χ0v) is 20.3. The largest absolute Gasteiger partial charge is 0.353 e. The second-order valence-corrected chi connectivity index (χ2v) is 9.70. The van der Waals surface area contributed by atoms with Gasteiger partial charge in [0.1, 0.15) is 11.5 Å². The molecule has 2 N–H and O–H groups in total. The summed E-state index contributed by atoms with van der Waals surface area (Å²) < 4.78 is 25.0. The van der Waals surface area contributed by atoms with E-state index in [1.807, 2.05) is 18.0 Å². The molecule has 0 bridgehead atoms. The van der Waals surface area contributed by atoms with Crippen LogP contribution in [0.2, 0.25) is 0 Å². The average Bonchev–Trinajstić information content (AvgIpc) is 2.78. The molecule has 176 valence electrons. The number of hydrogen-bond acceptors (Lipinski definition) is 9. The smallest absolute Gasteiger partial charge is 0.233 e. The number of nitrogens with one attached hydrogen (secondary N) is 2. The SMILES string of the molecule is CN(Cc1nccnc1N(C)S(C)(=O)=O)c1ccnc(Nc2ccc3c(c2)CCNC3)n1.Cl. The van der Waals surface area contributed by atoms with Crippen LogP contribution < -0.4 is 19.8 Å². The number of nitrogens with zero attached hydrogens (tertiary/aromatic N) is 6. The predicted octanol–water partition coefficient (Wildman–Crippen LogP) is 2.11. The molecular formula is C21H27ClN8O2S. The second kappa shape index (κ2) is 10.3. The van der Waals surface area contributed by atoms with Gasteiger partial charge in [-0.05, 0) is 42.3 Å². The van der Waals surface area contributed by atoms with Gasteiger partial charge in [0.05, 0.1) is 12.8 Å². The Morgan fingerprint density at radius 3 is 2.64 bits per heavy atom. The highest BCUT2D eigenvalue weighted by Crippen LogP contribution is 2.23. The first-order chi connectivity index (χ1) is 15.3. The Balaban J connectivity index is 0.00000306. The van der Waals surface area contributed by atoms with E-state index in [4.69, 9.17) is 0 Å². The standard InChI is InChI=1S/C21H26N8O2S.ClH/c1-28(14-18-20(24-11-10-23-18)29(2)32(3,30)31)19-7-9-25-21(27-19)26-17-5-4-16-13-22-8-6-15(16)12-17;/h4-5,7,9-12,22H,6,8,13-14H2,1-3H3,(H,25,26,27);1H. The van der Waals surface area contributed by atoms with E-state index in [1.165, 1.54) is 24.4 Å². The van der Waals surface area contributed by atoms with Crippen molar-refractivity contribution in [3.8, 4) is 0 Å². The maximum absolute atomic E-state index is 12.0. The van der Waals surface area contributed by atoms with Gasteiger partial charge in [-0.25, -0.2) is 18.4 Å². The molecule has 3 heterocycles. The molecule has 0 unspecified atom stereocenters. The molecular weight excluding hydrogens is 464 g/mol. The Morgan fingerprint density at radius 2 is 1.85 bits per heavy atom. The fraction of sp³-hybridized carbons (Fsp3) is 0.333. The quantitative estimate of drug-likeness (QED) is 0.513. The summed E-state index contributed by atoms with van der Waals surface area (Å²) in [7, 11) is -0.134. The lowest BCUT2D eigenvalue weighted by Gasteiger charge is -2.22. The Hall–Kier alpha value is -3.02. The van der Waals surface area contributed by atoms with E-state index < -0.39 is 10.0 Å². The van der Waals surface area contributed by atoms with Gasteiger partial charge in [0, 0.05) is 44.9 Å². The van der Waals surface area contributed by atoms with Gasteiger partial charge in [-0.15, -0.1) is 12.4 Å². The van der Waals surface area contributed by atoms with Crippen molar-refractivity contribution in [3.63, 3.8) is 0 Å². The first-order valence-corrected chi connectivity index (χ1v) is 12.0. The number of hydrogen-bond donors (Lipinski definition) is 2. The Kier molecular flexibility index (Phi) is 7.67. The van der Waals surface area contributed by atoms with Crippen LogP contribution in [-0.4, -0.2) is 55.2 Å². The van der Waals surface area contributed by atoms with Crippen molar-refractivity contribution in [1.82, 2.24) is 25.3 Å². The summed E-state index contributed by atoms with van der Waals surface area (Å²) in [6.07, 6.45) is 6.83. The van der Waals surface area contributed by atoms with Gasteiger partial charge in [0.25, 0.3) is 0 Å². The highest BCUT2D eigenvalue weighted by Gasteiger charge is 2.19. The number of rotatable bonds is 7. The molecule has 1 aliphatic heterocycles. The summed E-state index contributed by atoms with van der Waals surface area (Å²) in [6.45, 7) is 2.20.